The summed E-state index contributed by atoms with van der Waals surface area (Å²) in [6.45, 7) is 6.18. The highest BCUT2D eigenvalue weighted by Gasteiger charge is 2.24. The van der Waals surface area contributed by atoms with Crippen molar-refractivity contribution in [3.05, 3.63) is 71.5 Å². The molecule has 23 heavy (non-hydrogen) atoms. The molecule has 0 spiro atoms. The zero-order valence-corrected chi connectivity index (χ0v) is 14.0. The molecule has 0 saturated carbocycles. The normalized spacial score (nSPS) is 12.2. The average molecular weight is 313 g/mol. The molecule has 122 valence electrons. The van der Waals surface area contributed by atoms with Crippen molar-refractivity contribution < 1.29 is 9.18 Å². The first-order valence-corrected chi connectivity index (χ1v) is 8.07. The van der Waals surface area contributed by atoms with Crippen LogP contribution in [-0.2, 0) is 17.8 Å². The zero-order chi connectivity index (χ0) is 16.8. The van der Waals surface area contributed by atoms with Crippen LogP contribution in [0.15, 0.2) is 54.6 Å². The predicted molar refractivity (Wildman–Crippen MR) is 91.4 cm³/mol. The van der Waals surface area contributed by atoms with Gasteiger partial charge in [0, 0.05) is 24.1 Å². The summed E-state index contributed by atoms with van der Waals surface area (Å²) in [5, 5.41) is 0. The van der Waals surface area contributed by atoms with Crippen LogP contribution in [-0.4, -0.2) is 16.8 Å². The Bertz CT molecular complexity index is 639. The van der Waals surface area contributed by atoms with Crippen molar-refractivity contribution in [3.8, 4) is 0 Å². The van der Waals surface area contributed by atoms with Crippen LogP contribution in [0.25, 0.3) is 0 Å². The van der Waals surface area contributed by atoms with E-state index in [1.807, 2.05) is 51.1 Å². The van der Waals surface area contributed by atoms with E-state index in [1.54, 1.807) is 23.1 Å². The van der Waals surface area contributed by atoms with E-state index in [0.717, 1.165) is 5.56 Å². The third kappa shape index (κ3) is 4.65. The van der Waals surface area contributed by atoms with Gasteiger partial charge in [0.25, 0.3) is 0 Å². The summed E-state index contributed by atoms with van der Waals surface area (Å²) in [5.41, 5.74) is 1.70. The van der Waals surface area contributed by atoms with Gasteiger partial charge in [-0.1, -0.05) is 55.5 Å². The van der Waals surface area contributed by atoms with Gasteiger partial charge in [-0.3, -0.25) is 4.79 Å². The van der Waals surface area contributed by atoms with Crippen LogP contribution in [0.5, 0.6) is 0 Å². The standard InChI is InChI=1S/C20H24FNO/c1-15(2)22(14-18-11-7-8-12-19(18)21)20(23)16(3)13-17-9-5-4-6-10-17/h4-12,15-16H,13-14H2,1-3H3/t16-/m1/s1. The summed E-state index contributed by atoms with van der Waals surface area (Å²) in [6, 6.07) is 16.6. The molecule has 0 aliphatic rings. The van der Waals surface area contributed by atoms with Gasteiger partial charge in [-0.05, 0) is 31.9 Å². The van der Waals surface area contributed by atoms with Crippen LogP contribution in [0, 0.1) is 11.7 Å². The minimum atomic E-state index is -0.262. The van der Waals surface area contributed by atoms with Gasteiger partial charge in [0.1, 0.15) is 5.82 Å². The maximum atomic E-state index is 13.9. The molecule has 0 radical (unpaired) electrons. The van der Waals surface area contributed by atoms with Gasteiger partial charge in [0.05, 0.1) is 0 Å². The van der Waals surface area contributed by atoms with Gasteiger partial charge >= 0.3 is 0 Å². The number of hydrogen-bond donors (Lipinski definition) is 0. The third-order valence-corrected chi connectivity index (χ3v) is 4.01. The van der Waals surface area contributed by atoms with Gasteiger partial charge in [-0.2, -0.15) is 0 Å². The fraction of sp³-hybridized carbons (Fsp3) is 0.350. The fourth-order valence-electron chi connectivity index (χ4n) is 2.66. The second-order valence-electron chi connectivity index (χ2n) is 6.24. The molecule has 0 aliphatic carbocycles. The van der Waals surface area contributed by atoms with Crippen molar-refractivity contribution in [2.24, 2.45) is 5.92 Å². The Labute approximate surface area is 137 Å². The van der Waals surface area contributed by atoms with Crippen LogP contribution >= 0.6 is 0 Å². The Morgan fingerprint density at radius 3 is 2.22 bits per heavy atom. The Morgan fingerprint density at radius 2 is 1.61 bits per heavy atom. The van der Waals surface area contributed by atoms with Crippen molar-refractivity contribution in [1.29, 1.82) is 0 Å². The number of carbonyl (C=O) groups is 1. The lowest BCUT2D eigenvalue weighted by Gasteiger charge is -2.30. The van der Waals surface area contributed by atoms with Crippen LogP contribution in [0.2, 0.25) is 0 Å². The van der Waals surface area contributed by atoms with E-state index < -0.39 is 0 Å². The topological polar surface area (TPSA) is 20.3 Å². The summed E-state index contributed by atoms with van der Waals surface area (Å²) < 4.78 is 13.9. The number of carbonyl (C=O) groups excluding carboxylic acids is 1. The minimum Gasteiger partial charge on any atom is -0.336 e. The molecule has 2 rings (SSSR count). The quantitative estimate of drug-likeness (QED) is 0.772. The molecule has 0 unspecified atom stereocenters. The smallest absolute Gasteiger partial charge is 0.226 e. The second kappa shape index (κ2) is 7.91. The maximum Gasteiger partial charge on any atom is 0.226 e. The molecule has 0 bridgehead atoms. The summed E-state index contributed by atoms with van der Waals surface area (Å²) in [6.07, 6.45) is 0.695. The van der Waals surface area contributed by atoms with Gasteiger partial charge in [-0.15, -0.1) is 0 Å². The molecule has 0 saturated heterocycles. The van der Waals surface area contributed by atoms with E-state index in [1.165, 1.54) is 6.07 Å². The first-order valence-electron chi connectivity index (χ1n) is 8.07. The van der Waals surface area contributed by atoms with Gasteiger partial charge < -0.3 is 4.90 Å². The Hall–Kier alpha value is -2.16. The van der Waals surface area contributed by atoms with Gasteiger partial charge in [-0.25, -0.2) is 4.39 Å². The number of rotatable bonds is 6. The lowest BCUT2D eigenvalue weighted by atomic mass is 9.99. The van der Waals surface area contributed by atoms with E-state index in [9.17, 15) is 9.18 Å². The number of benzene rings is 2. The average Bonchev–Trinajstić information content (AvgIpc) is 2.54. The molecule has 2 aromatic carbocycles. The number of halogens is 1. The van der Waals surface area contributed by atoms with Crippen molar-refractivity contribution >= 4 is 5.91 Å². The molecule has 2 nitrogen and oxygen atoms in total. The lowest BCUT2D eigenvalue weighted by molar-refractivity contribution is -0.137. The van der Waals surface area contributed by atoms with Crippen LogP contribution in [0.4, 0.5) is 4.39 Å². The minimum absolute atomic E-state index is 0.0281. The highest BCUT2D eigenvalue weighted by atomic mass is 19.1. The Kier molecular flexibility index (Phi) is 5.91. The molecule has 0 aliphatic heterocycles. The molecule has 2 aromatic rings. The summed E-state index contributed by atoms with van der Waals surface area (Å²) >= 11 is 0. The van der Waals surface area contributed by atoms with E-state index in [2.05, 4.69) is 0 Å². The first-order chi connectivity index (χ1) is 11.0. The van der Waals surface area contributed by atoms with Crippen molar-refractivity contribution in [3.63, 3.8) is 0 Å². The fourth-order valence-corrected chi connectivity index (χ4v) is 2.66. The molecule has 0 N–H and O–H groups in total. The Morgan fingerprint density at radius 1 is 1.00 bits per heavy atom. The van der Waals surface area contributed by atoms with Crippen molar-refractivity contribution in [2.75, 3.05) is 0 Å². The predicted octanol–water partition coefficient (Wildman–Crippen LogP) is 4.44. The maximum absolute atomic E-state index is 13.9. The summed E-state index contributed by atoms with van der Waals surface area (Å²) in [7, 11) is 0. The molecule has 0 heterocycles. The Balaban J connectivity index is 2.10. The number of nitrogens with zero attached hydrogens (tertiary/aromatic N) is 1. The molecule has 0 fully saturated rings. The van der Waals surface area contributed by atoms with Gasteiger partial charge in [0.2, 0.25) is 5.91 Å². The summed E-state index contributed by atoms with van der Waals surface area (Å²) in [5.74, 6) is -0.333. The first kappa shape index (κ1) is 17.2. The molecule has 1 atom stereocenters. The van der Waals surface area contributed by atoms with E-state index in [0.29, 0.717) is 18.5 Å². The van der Waals surface area contributed by atoms with Crippen molar-refractivity contribution in [1.82, 2.24) is 4.90 Å². The molecule has 3 heteroatoms. The number of hydrogen-bond acceptors (Lipinski definition) is 1. The highest BCUT2D eigenvalue weighted by molar-refractivity contribution is 5.79. The van der Waals surface area contributed by atoms with E-state index in [4.69, 9.17) is 0 Å². The molecule has 1 amide bonds. The molecular weight excluding hydrogens is 289 g/mol. The summed E-state index contributed by atoms with van der Waals surface area (Å²) in [4.78, 5) is 14.6. The van der Waals surface area contributed by atoms with Crippen LogP contribution in [0.3, 0.4) is 0 Å². The van der Waals surface area contributed by atoms with Crippen LogP contribution in [0.1, 0.15) is 31.9 Å². The molecular formula is C20H24FNO. The second-order valence-corrected chi connectivity index (χ2v) is 6.24. The zero-order valence-electron chi connectivity index (χ0n) is 14.0. The van der Waals surface area contributed by atoms with E-state index in [-0.39, 0.29) is 23.7 Å². The monoisotopic (exact) mass is 313 g/mol. The lowest BCUT2D eigenvalue weighted by Crippen LogP contribution is -2.40. The SMILES string of the molecule is CC(C)N(Cc1ccccc1F)C(=O)[C@H](C)Cc1ccccc1. The molecule has 0 aromatic heterocycles. The highest BCUT2D eigenvalue weighted by Crippen LogP contribution is 2.17. The third-order valence-electron chi connectivity index (χ3n) is 4.01. The largest absolute Gasteiger partial charge is 0.336 e. The van der Waals surface area contributed by atoms with E-state index >= 15 is 0 Å². The number of amides is 1. The van der Waals surface area contributed by atoms with Crippen LogP contribution < -0.4 is 0 Å². The van der Waals surface area contributed by atoms with Crippen molar-refractivity contribution in [2.45, 2.75) is 39.8 Å². The van der Waals surface area contributed by atoms with Gasteiger partial charge in [0.15, 0.2) is 0 Å².